The molecular weight excluding hydrogens is 236 g/mol. The number of aryl methyl sites for hydroxylation is 1. The number of carbonyl (C=O) groups is 2. The summed E-state index contributed by atoms with van der Waals surface area (Å²) in [4.78, 5) is 22.7. The maximum Gasteiger partial charge on any atom is 0.307 e. The van der Waals surface area contributed by atoms with Crippen LogP contribution < -0.4 is 5.32 Å². The molecule has 3 unspecified atom stereocenters. The van der Waals surface area contributed by atoms with Gasteiger partial charge in [-0.15, -0.1) is 10.2 Å². The van der Waals surface area contributed by atoms with E-state index in [1.165, 1.54) is 6.92 Å². The molecule has 100 valence electrons. The van der Waals surface area contributed by atoms with Crippen LogP contribution in [0.25, 0.3) is 0 Å². The van der Waals surface area contributed by atoms with Gasteiger partial charge < -0.3 is 15.0 Å². The van der Waals surface area contributed by atoms with Gasteiger partial charge in [-0.05, 0) is 6.92 Å². The van der Waals surface area contributed by atoms with E-state index in [1.807, 2.05) is 0 Å². The highest BCUT2D eigenvalue weighted by Crippen LogP contribution is 2.14. The summed E-state index contributed by atoms with van der Waals surface area (Å²) in [6.45, 7) is 4.89. The third-order valence-electron chi connectivity index (χ3n) is 3.05. The van der Waals surface area contributed by atoms with E-state index in [1.54, 1.807) is 31.8 Å². The number of carbonyl (C=O) groups excluding carboxylic acids is 1. The summed E-state index contributed by atoms with van der Waals surface area (Å²) in [6.07, 6.45) is 1.54. The Bertz CT molecular complexity index is 443. The minimum Gasteiger partial charge on any atom is -0.481 e. The molecule has 1 aromatic heterocycles. The van der Waals surface area contributed by atoms with Gasteiger partial charge in [-0.3, -0.25) is 9.59 Å². The fourth-order valence-electron chi connectivity index (χ4n) is 1.53. The highest BCUT2D eigenvalue weighted by Gasteiger charge is 2.27. The van der Waals surface area contributed by atoms with Crippen molar-refractivity contribution in [1.82, 2.24) is 20.1 Å². The van der Waals surface area contributed by atoms with Crippen molar-refractivity contribution in [2.75, 3.05) is 0 Å². The van der Waals surface area contributed by atoms with Gasteiger partial charge in [0.25, 0.3) is 0 Å². The normalized spacial score (nSPS) is 15.8. The van der Waals surface area contributed by atoms with E-state index in [0.717, 1.165) is 0 Å². The Balaban J connectivity index is 2.65. The van der Waals surface area contributed by atoms with Crippen LogP contribution in [-0.4, -0.2) is 31.7 Å². The first-order valence-electron chi connectivity index (χ1n) is 5.71. The third kappa shape index (κ3) is 3.06. The maximum absolute atomic E-state index is 11.9. The van der Waals surface area contributed by atoms with Crippen LogP contribution in [0.15, 0.2) is 6.33 Å². The molecule has 0 saturated heterocycles. The van der Waals surface area contributed by atoms with E-state index in [2.05, 4.69) is 15.5 Å². The van der Waals surface area contributed by atoms with E-state index in [-0.39, 0.29) is 11.9 Å². The summed E-state index contributed by atoms with van der Waals surface area (Å²) < 4.78 is 1.70. The van der Waals surface area contributed by atoms with Gasteiger partial charge in [0.15, 0.2) is 5.82 Å². The van der Waals surface area contributed by atoms with Gasteiger partial charge in [-0.2, -0.15) is 0 Å². The van der Waals surface area contributed by atoms with Crippen LogP contribution in [0.1, 0.15) is 32.6 Å². The lowest BCUT2D eigenvalue weighted by Crippen LogP contribution is -2.37. The molecule has 7 heteroatoms. The van der Waals surface area contributed by atoms with Crippen LogP contribution in [0.3, 0.4) is 0 Å². The highest BCUT2D eigenvalue weighted by atomic mass is 16.4. The van der Waals surface area contributed by atoms with Gasteiger partial charge in [0.05, 0.1) is 12.0 Å². The van der Waals surface area contributed by atoms with Gasteiger partial charge >= 0.3 is 5.97 Å². The largest absolute Gasteiger partial charge is 0.481 e. The average Bonchev–Trinajstić information content (AvgIpc) is 2.73. The Labute approximate surface area is 105 Å². The van der Waals surface area contributed by atoms with Crippen molar-refractivity contribution in [3.8, 4) is 0 Å². The van der Waals surface area contributed by atoms with Gasteiger partial charge in [-0.1, -0.05) is 13.8 Å². The Kier molecular flexibility index (Phi) is 4.41. The fourth-order valence-corrected chi connectivity index (χ4v) is 1.53. The highest BCUT2D eigenvalue weighted by molar-refractivity contribution is 5.84. The average molecular weight is 254 g/mol. The van der Waals surface area contributed by atoms with Crippen molar-refractivity contribution in [2.45, 2.75) is 26.8 Å². The SMILES string of the molecule is CC(NC(=O)C(C)C(C)C(=O)O)c1nncn1C. The number of nitrogens with one attached hydrogen (secondary N) is 1. The molecule has 0 spiro atoms. The molecule has 1 amide bonds. The minimum absolute atomic E-state index is 0.305. The smallest absolute Gasteiger partial charge is 0.307 e. The molecule has 18 heavy (non-hydrogen) atoms. The summed E-state index contributed by atoms with van der Waals surface area (Å²) >= 11 is 0. The number of nitrogens with zero attached hydrogens (tertiary/aromatic N) is 3. The Morgan fingerprint density at radius 3 is 2.39 bits per heavy atom. The zero-order valence-corrected chi connectivity index (χ0v) is 10.9. The van der Waals surface area contributed by atoms with E-state index >= 15 is 0 Å². The number of aromatic nitrogens is 3. The Hall–Kier alpha value is -1.92. The monoisotopic (exact) mass is 254 g/mol. The van der Waals surface area contributed by atoms with Gasteiger partial charge in [0.2, 0.25) is 5.91 Å². The summed E-state index contributed by atoms with van der Waals surface area (Å²) in [7, 11) is 1.78. The van der Waals surface area contributed by atoms with E-state index in [9.17, 15) is 9.59 Å². The number of carboxylic acids is 1. The molecule has 3 atom stereocenters. The summed E-state index contributed by atoms with van der Waals surface area (Å²) in [6, 6.07) is -0.312. The third-order valence-corrected chi connectivity index (χ3v) is 3.05. The zero-order chi connectivity index (χ0) is 13.9. The van der Waals surface area contributed by atoms with E-state index in [0.29, 0.717) is 5.82 Å². The van der Waals surface area contributed by atoms with Crippen LogP contribution in [0.2, 0.25) is 0 Å². The van der Waals surface area contributed by atoms with Crippen molar-refractivity contribution >= 4 is 11.9 Å². The molecule has 0 radical (unpaired) electrons. The first-order valence-corrected chi connectivity index (χ1v) is 5.71. The molecule has 0 aromatic carbocycles. The number of hydrogen-bond acceptors (Lipinski definition) is 4. The quantitative estimate of drug-likeness (QED) is 0.790. The molecule has 0 aliphatic carbocycles. The predicted octanol–water partition coefficient (Wildman–Crippen LogP) is 0.349. The van der Waals surface area contributed by atoms with Gasteiger partial charge in [0, 0.05) is 13.0 Å². The number of aliphatic carboxylic acids is 1. The molecule has 0 aliphatic heterocycles. The van der Waals surface area contributed by atoms with Gasteiger partial charge in [-0.25, -0.2) is 0 Å². The fraction of sp³-hybridized carbons (Fsp3) is 0.636. The lowest BCUT2D eigenvalue weighted by atomic mass is 9.95. The topological polar surface area (TPSA) is 97.1 Å². The predicted molar refractivity (Wildman–Crippen MR) is 63.5 cm³/mol. The van der Waals surface area contributed by atoms with Crippen LogP contribution >= 0.6 is 0 Å². The molecule has 1 rings (SSSR count). The van der Waals surface area contributed by atoms with Crippen LogP contribution in [0.4, 0.5) is 0 Å². The van der Waals surface area contributed by atoms with Crippen molar-refractivity contribution in [3.05, 3.63) is 12.2 Å². The van der Waals surface area contributed by atoms with Crippen molar-refractivity contribution in [2.24, 2.45) is 18.9 Å². The Morgan fingerprint density at radius 2 is 1.94 bits per heavy atom. The first kappa shape index (κ1) is 14.1. The molecule has 2 N–H and O–H groups in total. The molecule has 0 aliphatic rings. The number of amides is 1. The standard InChI is InChI=1S/C11H18N4O3/c1-6(7(2)11(17)18)10(16)13-8(3)9-14-12-5-15(9)4/h5-8H,1-4H3,(H,13,16)(H,17,18). The Morgan fingerprint density at radius 1 is 1.33 bits per heavy atom. The van der Waals surface area contributed by atoms with E-state index < -0.39 is 17.8 Å². The summed E-state index contributed by atoms with van der Waals surface area (Å²) in [5.41, 5.74) is 0. The second-order valence-electron chi connectivity index (χ2n) is 4.45. The summed E-state index contributed by atoms with van der Waals surface area (Å²) in [5.74, 6) is -1.99. The van der Waals surface area contributed by atoms with Crippen LogP contribution in [-0.2, 0) is 16.6 Å². The van der Waals surface area contributed by atoms with Crippen molar-refractivity contribution in [3.63, 3.8) is 0 Å². The molecular formula is C11H18N4O3. The number of carboxylic acid groups (broad SMARTS) is 1. The number of hydrogen-bond donors (Lipinski definition) is 2. The van der Waals surface area contributed by atoms with Crippen molar-refractivity contribution in [1.29, 1.82) is 0 Å². The van der Waals surface area contributed by atoms with Crippen LogP contribution in [0, 0.1) is 11.8 Å². The molecule has 1 heterocycles. The van der Waals surface area contributed by atoms with Crippen molar-refractivity contribution < 1.29 is 14.7 Å². The van der Waals surface area contributed by atoms with Crippen LogP contribution in [0.5, 0.6) is 0 Å². The lowest BCUT2D eigenvalue weighted by Gasteiger charge is -2.19. The molecule has 7 nitrogen and oxygen atoms in total. The molecule has 1 aromatic rings. The lowest BCUT2D eigenvalue weighted by molar-refractivity contribution is -0.146. The summed E-state index contributed by atoms with van der Waals surface area (Å²) in [5, 5.41) is 19.2. The maximum atomic E-state index is 11.9. The zero-order valence-electron chi connectivity index (χ0n) is 10.9. The number of rotatable bonds is 5. The first-order chi connectivity index (χ1) is 8.34. The second kappa shape index (κ2) is 5.61. The molecule has 0 fully saturated rings. The van der Waals surface area contributed by atoms with Gasteiger partial charge in [0.1, 0.15) is 6.33 Å². The van der Waals surface area contributed by atoms with E-state index in [4.69, 9.17) is 5.11 Å². The molecule has 0 bridgehead atoms. The second-order valence-corrected chi connectivity index (χ2v) is 4.45. The minimum atomic E-state index is -0.982. The molecule has 0 saturated carbocycles.